The number of benzene rings is 1. The second-order valence-corrected chi connectivity index (χ2v) is 7.32. The van der Waals surface area contributed by atoms with Gasteiger partial charge in [0.25, 0.3) is 0 Å². The molecule has 0 unspecified atom stereocenters. The molecule has 0 aliphatic carbocycles. The summed E-state index contributed by atoms with van der Waals surface area (Å²) in [7, 11) is 1.84. The molecule has 0 atom stereocenters. The molecular formula is C20H29ClN6O. The zero-order chi connectivity index (χ0) is 19.8. The first-order valence-corrected chi connectivity index (χ1v) is 10.1. The highest BCUT2D eigenvalue weighted by Crippen LogP contribution is 2.15. The van der Waals surface area contributed by atoms with E-state index in [4.69, 9.17) is 16.3 Å². The summed E-state index contributed by atoms with van der Waals surface area (Å²) in [5, 5.41) is 8.48. The normalized spacial score (nSPS) is 15.7. The fraction of sp³-hybridized carbons (Fsp3) is 0.500. The highest BCUT2D eigenvalue weighted by Gasteiger charge is 2.19. The molecule has 2 heterocycles. The van der Waals surface area contributed by atoms with Gasteiger partial charge in [-0.1, -0.05) is 11.6 Å². The van der Waals surface area contributed by atoms with Crippen LogP contribution in [0.2, 0.25) is 5.02 Å². The van der Waals surface area contributed by atoms with Gasteiger partial charge in [-0.3, -0.25) is 14.6 Å². The molecule has 2 aromatic rings. The Morgan fingerprint density at radius 3 is 2.57 bits per heavy atom. The number of nitrogens with one attached hydrogen (secondary N) is 1. The Morgan fingerprint density at radius 1 is 1.18 bits per heavy atom. The van der Waals surface area contributed by atoms with Gasteiger partial charge in [0.15, 0.2) is 5.96 Å². The minimum Gasteiger partial charge on any atom is -0.492 e. The highest BCUT2D eigenvalue weighted by molar-refractivity contribution is 6.30. The van der Waals surface area contributed by atoms with Crippen LogP contribution in [0.25, 0.3) is 0 Å². The van der Waals surface area contributed by atoms with E-state index in [1.165, 1.54) is 5.56 Å². The molecular weight excluding hydrogens is 376 g/mol. The van der Waals surface area contributed by atoms with Crippen molar-refractivity contribution in [1.29, 1.82) is 0 Å². The molecule has 152 valence electrons. The van der Waals surface area contributed by atoms with E-state index < -0.39 is 0 Å². The van der Waals surface area contributed by atoms with Crippen LogP contribution in [0.3, 0.4) is 0 Å². The zero-order valence-corrected chi connectivity index (χ0v) is 17.4. The third kappa shape index (κ3) is 6.14. The van der Waals surface area contributed by atoms with Crippen LogP contribution in [-0.2, 0) is 6.54 Å². The van der Waals surface area contributed by atoms with Crippen LogP contribution >= 0.6 is 11.6 Å². The SMILES string of the molecule is CN=C(NCCn1cc(C)cn1)N1CCN(CCOc2ccc(Cl)cc2)CC1. The standard InChI is InChI=1S/C20H29ClN6O/c1-17-15-24-27(16-17)8-7-23-20(22-2)26-11-9-25(10-12-26)13-14-28-19-5-3-18(21)4-6-19/h3-6,15-16H,7-14H2,1-2H3,(H,22,23). The Balaban J connectivity index is 1.34. The van der Waals surface area contributed by atoms with E-state index in [0.717, 1.165) is 62.5 Å². The zero-order valence-electron chi connectivity index (χ0n) is 16.6. The average Bonchev–Trinajstić information content (AvgIpc) is 3.13. The largest absolute Gasteiger partial charge is 0.492 e. The molecule has 1 aromatic carbocycles. The summed E-state index contributed by atoms with van der Waals surface area (Å²) in [5.41, 5.74) is 1.18. The molecule has 7 nitrogen and oxygen atoms in total. The second-order valence-electron chi connectivity index (χ2n) is 6.89. The van der Waals surface area contributed by atoms with Crippen LogP contribution in [0, 0.1) is 6.92 Å². The maximum atomic E-state index is 5.89. The number of guanidine groups is 1. The Bertz CT molecular complexity index is 752. The molecule has 0 saturated carbocycles. The van der Waals surface area contributed by atoms with Gasteiger partial charge >= 0.3 is 0 Å². The van der Waals surface area contributed by atoms with Crippen LogP contribution in [0.1, 0.15) is 5.56 Å². The van der Waals surface area contributed by atoms with Gasteiger partial charge in [-0.25, -0.2) is 0 Å². The first-order valence-electron chi connectivity index (χ1n) is 9.69. The van der Waals surface area contributed by atoms with Gasteiger partial charge < -0.3 is 15.0 Å². The first kappa shape index (κ1) is 20.5. The molecule has 1 fully saturated rings. The topological polar surface area (TPSA) is 57.9 Å². The van der Waals surface area contributed by atoms with Gasteiger partial charge in [0.2, 0.25) is 0 Å². The summed E-state index contributed by atoms with van der Waals surface area (Å²) in [6.45, 7) is 9.21. The van der Waals surface area contributed by atoms with Crippen LogP contribution in [0.5, 0.6) is 5.75 Å². The maximum absolute atomic E-state index is 5.89. The lowest BCUT2D eigenvalue weighted by atomic mass is 10.3. The molecule has 1 aliphatic heterocycles. The average molecular weight is 405 g/mol. The summed E-state index contributed by atoms with van der Waals surface area (Å²) < 4.78 is 7.75. The van der Waals surface area contributed by atoms with Crippen molar-refractivity contribution in [3.63, 3.8) is 0 Å². The van der Waals surface area contributed by atoms with Crippen molar-refractivity contribution in [3.05, 3.63) is 47.2 Å². The van der Waals surface area contributed by atoms with Gasteiger partial charge in [-0.15, -0.1) is 0 Å². The number of hydrogen-bond acceptors (Lipinski definition) is 4. The minimum absolute atomic E-state index is 0.678. The molecule has 0 spiro atoms. The smallest absolute Gasteiger partial charge is 0.193 e. The number of aryl methyl sites for hydroxylation is 1. The lowest BCUT2D eigenvalue weighted by Crippen LogP contribution is -2.53. The highest BCUT2D eigenvalue weighted by atomic mass is 35.5. The summed E-state index contributed by atoms with van der Waals surface area (Å²) in [4.78, 5) is 9.16. The summed E-state index contributed by atoms with van der Waals surface area (Å²) >= 11 is 5.89. The van der Waals surface area contributed by atoms with Crippen LogP contribution in [0.4, 0.5) is 0 Å². The van der Waals surface area contributed by atoms with Crippen molar-refractivity contribution in [1.82, 2.24) is 24.9 Å². The van der Waals surface area contributed by atoms with E-state index in [0.29, 0.717) is 6.61 Å². The van der Waals surface area contributed by atoms with Gasteiger partial charge in [-0.05, 0) is 36.8 Å². The van der Waals surface area contributed by atoms with Gasteiger partial charge in [0.1, 0.15) is 12.4 Å². The molecule has 1 saturated heterocycles. The van der Waals surface area contributed by atoms with E-state index in [2.05, 4.69) is 38.3 Å². The maximum Gasteiger partial charge on any atom is 0.193 e. The lowest BCUT2D eigenvalue weighted by molar-refractivity contribution is 0.152. The number of ether oxygens (including phenoxy) is 1. The molecule has 28 heavy (non-hydrogen) atoms. The van der Waals surface area contributed by atoms with Crippen molar-refractivity contribution >= 4 is 17.6 Å². The Hall–Kier alpha value is -2.25. The molecule has 8 heteroatoms. The molecule has 0 radical (unpaired) electrons. The monoisotopic (exact) mass is 404 g/mol. The third-order valence-electron chi connectivity index (χ3n) is 4.76. The Morgan fingerprint density at radius 2 is 1.93 bits per heavy atom. The quantitative estimate of drug-likeness (QED) is 0.565. The van der Waals surface area contributed by atoms with E-state index in [1.54, 1.807) is 0 Å². The molecule has 1 N–H and O–H groups in total. The Kier molecular flexibility index (Phi) is 7.56. The first-order chi connectivity index (χ1) is 13.6. The van der Waals surface area contributed by atoms with Crippen molar-refractivity contribution in [2.75, 3.05) is 52.9 Å². The van der Waals surface area contributed by atoms with E-state index in [1.807, 2.05) is 42.2 Å². The molecule has 1 aliphatic rings. The predicted octanol–water partition coefficient (Wildman–Crippen LogP) is 2.12. The number of aromatic nitrogens is 2. The number of nitrogens with zero attached hydrogens (tertiary/aromatic N) is 5. The second kappa shape index (κ2) is 10.3. The third-order valence-corrected chi connectivity index (χ3v) is 5.01. The summed E-state index contributed by atoms with van der Waals surface area (Å²) in [6, 6.07) is 7.50. The molecule has 0 bridgehead atoms. The van der Waals surface area contributed by atoms with E-state index in [-0.39, 0.29) is 0 Å². The summed E-state index contributed by atoms with van der Waals surface area (Å²) in [6.07, 6.45) is 3.93. The predicted molar refractivity (Wildman–Crippen MR) is 113 cm³/mol. The van der Waals surface area contributed by atoms with Crippen molar-refractivity contribution < 1.29 is 4.74 Å². The van der Waals surface area contributed by atoms with Gasteiger partial charge in [0.05, 0.1) is 12.7 Å². The van der Waals surface area contributed by atoms with E-state index in [9.17, 15) is 0 Å². The Labute approximate surface area is 171 Å². The lowest BCUT2D eigenvalue weighted by Gasteiger charge is -2.36. The van der Waals surface area contributed by atoms with Gasteiger partial charge in [0, 0.05) is 57.5 Å². The summed E-state index contributed by atoms with van der Waals surface area (Å²) in [5.74, 6) is 1.82. The number of piperazine rings is 1. The van der Waals surface area contributed by atoms with Crippen molar-refractivity contribution in [3.8, 4) is 5.75 Å². The van der Waals surface area contributed by atoms with E-state index >= 15 is 0 Å². The van der Waals surface area contributed by atoms with Crippen LogP contribution in [-0.4, -0.2) is 78.5 Å². The van der Waals surface area contributed by atoms with Crippen LogP contribution in [0.15, 0.2) is 41.7 Å². The fourth-order valence-corrected chi connectivity index (χ4v) is 3.34. The van der Waals surface area contributed by atoms with Crippen molar-refractivity contribution in [2.45, 2.75) is 13.5 Å². The molecule has 3 rings (SSSR count). The number of hydrogen-bond donors (Lipinski definition) is 1. The molecule has 1 aromatic heterocycles. The van der Waals surface area contributed by atoms with Crippen LogP contribution < -0.4 is 10.1 Å². The number of rotatable bonds is 7. The minimum atomic E-state index is 0.678. The number of halogens is 1. The van der Waals surface area contributed by atoms with Crippen molar-refractivity contribution in [2.24, 2.45) is 4.99 Å². The fourth-order valence-electron chi connectivity index (χ4n) is 3.21. The van der Waals surface area contributed by atoms with Gasteiger partial charge in [-0.2, -0.15) is 5.10 Å². The number of aliphatic imine (C=N–C) groups is 1. The molecule has 0 amide bonds.